The Labute approximate surface area is 92.8 Å². The first-order valence-corrected chi connectivity index (χ1v) is 4.82. The zero-order chi connectivity index (χ0) is 12.3. The number of hydrogen-bond acceptors (Lipinski definition) is 2. The standard InChI is InChI=1S/C11H14F2N2O/c1-15(2)11(16)10(14)6-7-3-4-8(12)9(13)5-7/h3-5,10H,6,14H2,1-2H3. The number of hydrogen-bond donors (Lipinski definition) is 1. The van der Waals surface area contributed by atoms with Gasteiger partial charge in [0.05, 0.1) is 6.04 Å². The SMILES string of the molecule is CN(C)C(=O)C(N)Cc1ccc(F)c(F)c1. The van der Waals surface area contributed by atoms with Gasteiger partial charge in [-0.05, 0) is 24.1 Å². The highest BCUT2D eigenvalue weighted by Gasteiger charge is 2.16. The Morgan fingerprint density at radius 1 is 1.38 bits per heavy atom. The summed E-state index contributed by atoms with van der Waals surface area (Å²) < 4.78 is 25.5. The molecule has 2 N–H and O–H groups in total. The molecule has 0 heterocycles. The van der Waals surface area contributed by atoms with Gasteiger partial charge in [0.2, 0.25) is 5.91 Å². The maximum Gasteiger partial charge on any atom is 0.239 e. The molecule has 0 aliphatic rings. The van der Waals surface area contributed by atoms with E-state index in [9.17, 15) is 13.6 Å². The highest BCUT2D eigenvalue weighted by Crippen LogP contribution is 2.10. The van der Waals surface area contributed by atoms with Gasteiger partial charge in [-0.1, -0.05) is 6.07 Å². The van der Waals surface area contributed by atoms with Crippen LogP contribution in [0.2, 0.25) is 0 Å². The smallest absolute Gasteiger partial charge is 0.239 e. The molecule has 0 aliphatic carbocycles. The highest BCUT2D eigenvalue weighted by atomic mass is 19.2. The van der Waals surface area contributed by atoms with Gasteiger partial charge in [-0.25, -0.2) is 8.78 Å². The predicted molar refractivity (Wildman–Crippen MR) is 56.7 cm³/mol. The Hall–Kier alpha value is -1.49. The van der Waals surface area contributed by atoms with Crippen LogP contribution in [0.4, 0.5) is 8.78 Å². The molecule has 1 amide bonds. The van der Waals surface area contributed by atoms with Gasteiger partial charge >= 0.3 is 0 Å². The molecule has 0 aromatic heterocycles. The maximum absolute atomic E-state index is 12.9. The molecular formula is C11H14F2N2O. The van der Waals surface area contributed by atoms with Crippen molar-refractivity contribution < 1.29 is 13.6 Å². The van der Waals surface area contributed by atoms with Crippen LogP contribution in [0.3, 0.4) is 0 Å². The Morgan fingerprint density at radius 2 is 2.00 bits per heavy atom. The van der Waals surface area contributed by atoms with E-state index in [0.717, 1.165) is 12.1 Å². The van der Waals surface area contributed by atoms with E-state index in [1.54, 1.807) is 14.1 Å². The third-order valence-corrected chi connectivity index (χ3v) is 2.20. The zero-order valence-corrected chi connectivity index (χ0v) is 9.21. The van der Waals surface area contributed by atoms with Crippen molar-refractivity contribution in [1.82, 2.24) is 4.90 Å². The van der Waals surface area contributed by atoms with Crippen LogP contribution in [0.5, 0.6) is 0 Å². The lowest BCUT2D eigenvalue weighted by molar-refractivity contribution is -0.130. The molecule has 1 unspecified atom stereocenters. The fourth-order valence-corrected chi connectivity index (χ4v) is 1.34. The van der Waals surface area contributed by atoms with E-state index < -0.39 is 17.7 Å². The van der Waals surface area contributed by atoms with E-state index >= 15 is 0 Å². The molecule has 1 aromatic rings. The van der Waals surface area contributed by atoms with Crippen LogP contribution in [0.15, 0.2) is 18.2 Å². The second-order valence-electron chi connectivity index (χ2n) is 3.79. The van der Waals surface area contributed by atoms with Crippen molar-refractivity contribution >= 4 is 5.91 Å². The van der Waals surface area contributed by atoms with Gasteiger partial charge in [0, 0.05) is 14.1 Å². The summed E-state index contributed by atoms with van der Waals surface area (Å²) in [6.45, 7) is 0. The van der Waals surface area contributed by atoms with Gasteiger partial charge < -0.3 is 10.6 Å². The molecule has 5 heteroatoms. The zero-order valence-electron chi connectivity index (χ0n) is 9.21. The molecular weight excluding hydrogens is 214 g/mol. The summed E-state index contributed by atoms with van der Waals surface area (Å²) in [5.41, 5.74) is 6.13. The van der Waals surface area contributed by atoms with Crippen LogP contribution < -0.4 is 5.73 Å². The van der Waals surface area contributed by atoms with Crippen molar-refractivity contribution in [1.29, 1.82) is 0 Å². The molecule has 16 heavy (non-hydrogen) atoms. The molecule has 1 aromatic carbocycles. The molecule has 0 spiro atoms. The molecule has 0 radical (unpaired) electrons. The predicted octanol–water partition coefficient (Wildman–Crippen LogP) is 0.923. The minimum absolute atomic E-state index is 0.189. The van der Waals surface area contributed by atoms with Crippen LogP contribution in [-0.4, -0.2) is 30.9 Å². The Balaban J connectivity index is 2.73. The average Bonchev–Trinajstić information content (AvgIpc) is 2.22. The lowest BCUT2D eigenvalue weighted by atomic mass is 10.1. The molecule has 0 aliphatic heterocycles. The molecule has 88 valence electrons. The second-order valence-corrected chi connectivity index (χ2v) is 3.79. The Morgan fingerprint density at radius 3 is 2.50 bits per heavy atom. The van der Waals surface area contributed by atoms with E-state index in [1.165, 1.54) is 11.0 Å². The summed E-state index contributed by atoms with van der Waals surface area (Å²) in [4.78, 5) is 12.8. The summed E-state index contributed by atoms with van der Waals surface area (Å²) in [6.07, 6.45) is 0.189. The van der Waals surface area contributed by atoms with E-state index in [1.807, 2.05) is 0 Å². The molecule has 0 saturated carbocycles. The third-order valence-electron chi connectivity index (χ3n) is 2.20. The summed E-state index contributed by atoms with van der Waals surface area (Å²) >= 11 is 0. The van der Waals surface area contributed by atoms with Gasteiger partial charge in [0.15, 0.2) is 11.6 Å². The monoisotopic (exact) mass is 228 g/mol. The summed E-state index contributed by atoms with van der Waals surface area (Å²) in [7, 11) is 3.18. The molecule has 0 saturated heterocycles. The van der Waals surface area contributed by atoms with Crippen molar-refractivity contribution in [3.63, 3.8) is 0 Å². The number of rotatable bonds is 3. The number of halogens is 2. The number of benzene rings is 1. The topological polar surface area (TPSA) is 46.3 Å². The van der Waals surface area contributed by atoms with Crippen molar-refractivity contribution in [3.05, 3.63) is 35.4 Å². The minimum atomic E-state index is -0.929. The summed E-state index contributed by atoms with van der Waals surface area (Å²) in [5, 5.41) is 0. The van der Waals surface area contributed by atoms with Crippen LogP contribution in [-0.2, 0) is 11.2 Å². The van der Waals surface area contributed by atoms with Crippen LogP contribution in [0.1, 0.15) is 5.56 Å². The van der Waals surface area contributed by atoms with Gasteiger partial charge in [-0.2, -0.15) is 0 Å². The Kier molecular flexibility index (Phi) is 3.95. The van der Waals surface area contributed by atoms with E-state index in [4.69, 9.17) is 5.73 Å². The lowest BCUT2D eigenvalue weighted by Crippen LogP contribution is -2.41. The Bertz CT molecular complexity index is 394. The van der Waals surface area contributed by atoms with Gasteiger partial charge in [-0.3, -0.25) is 4.79 Å². The number of nitrogens with two attached hydrogens (primary N) is 1. The first-order valence-electron chi connectivity index (χ1n) is 4.82. The average molecular weight is 228 g/mol. The third kappa shape index (κ3) is 3.00. The van der Waals surface area contributed by atoms with Crippen LogP contribution in [0.25, 0.3) is 0 Å². The van der Waals surface area contributed by atoms with Crippen LogP contribution >= 0.6 is 0 Å². The number of carbonyl (C=O) groups is 1. The first-order chi connectivity index (χ1) is 7.41. The number of amides is 1. The highest BCUT2D eigenvalue weighted by molar-refractivity contribution is 5.81. The largest absolute Gasteiger partial charge is 0.347 e. The van der Waals surface area contributed by atoms with Gasteiger partial charge in [0.1, 0.15) is 0 Å². The summed E-state index contributed by atoms with van der Waals surface area (Å²) in [5.74, 6) is -2.08. The number of likely N-dealkylation sites (N-methyl/N-ethyl adjacent to an activating group) is 1. The molecule has 0 bridgehead atoms. The maximum atomic E-state index is 12.9. The number of carbonyl (C=O) groups excluding carboxylic acids is 1. The molecule has 3 nitrogen and oxygen atoms in total. The second kappa shape index (κ2) is 5.03. The molecule has 1 atom stereocenters. The minimum Gasteiger partial charge on any atom is -0.347 e. The normalized spacial score (nSPS) is 12.3. The van der Waals surface area contributed by atoms with E-state index in [2.05, 4.69) is 0 Å². The number of nitrogens with zero attached hydrogens (tertiary/aromatic N) is 1. The lowest BCUT2D eigenvalue weighted by Gasteiger charge is -2.16. The molecule has 0 fully saturated rings. The van der Waals surface area contributed by atoms with Gasteiger partial charge in [0.25, 0.3) is 0 Å². The van der Waals surface area contributed by atoms with E-state index in [-0.39, 0.29) is 12.3 Å². The molecule has 1 rings (SSSR count). The van der Waals surface area contributed by atoms with Crippen molar-refractivity contribution in [3.8, 4) is 0 Å². The van der Waals surface area contributed by atoms with Crippen LogP contribution in [0, 0.1) is 11.6 Å². The fourth-order valence-electron chi connectivity index (χ4n) is 1.34. The first kappa shape index (κ1) is 12.6. The van der Waals surface area contributed by atoms with Gasteiger partial charge in [-0.15, -0.1) is 0 Å². The van der Waals surface area contributed by atoms with Crippen molar-refractivity contribution in [2.45, 2.75) is 12.5 Å². The quantitative estimate of drug-likeness (QED) is 0.836. The van der Waals surface area contributed by atoms with Crippen molar-refractivity contribution in [2.75, 3.05) is 14.1 Å². The fraction of sp³-hybridized carbons (Fsp3) is 0.364. The van der Waals surface area contributed by atoms with Crippen molar-refractivity contribution in [2.24, 2.45) is 5.73 Å². The van der Waals surface area contributed by atoms with E-state index in [0.29, 0.717) is 5.56 Å². The summed E-state index contributed by atoms with van der Waals surface area (Å²) in [6, 6.07) is 2.76.